The zero-order valence-corrected chi connectivity index (χ0v) is 17.0. The minimum Gasteiger partial charge on any atom is -0.370 e. The number of hydrogen-bond acceptors (Lipinski definition) is 3. The zero-order valence-electron chi connectivity index (χ0n) is 15.4. The Bertz CT molecular complexity index is 1030. The summed E-state index contributed by atoms with van der Waals surface area (Å²) in [6, 6.07) is 13.9. The van der Waals surface area contributed by atoms with Gasteiger partial charge in [-0.2, -0.15) is 0 Å². The lowest BCUT2D eigenvalue weighted by Gasteiger charge is -2.33. The fourth-order valence-electron chi connectivity index (χ4n) is 3.59. The van der Waals surface area contributed by atoms with E-state index in [0.29, 0.717) is 26.1 Å². The summed E-state index contributed by atoms with van der Waals surface area (Å²) >= 11 is 3.44. The van der Waals surface area contributed by atoms with Crippen LogP contribution >= 0.6 is 15.9 Å². The highest BCUT2D eigenvalue weighted by Crippen LogP contribution is 2.24. The van der Waals surface area contributed by atoms with Gasteiger partial charge < -0.3 is 19.6 Å². The van der Waals surface area contributed by atoms with E-state index in [1.165, 1.54) is 0 Å². The monoisotopic (exact) mass is 443 g/mol. The smallest absolute Gasteiger partial charge is 0.323 e. The first-order valence-corrected chi connectivity index (χ1v) is 10.2. The van der Waals surface area contributed by atoms with Crippen molar-refractivity contribution in [3.8, 4) is 0 Å². The van der Waals surface area contributed by atoms with Gasteiger partial charge in [-0.1, -0.05) is 34.1 Å². The highest BCUT2D eigenvalue weighted by molar-refractivity contribution is 9.10. The molecule has 3 aromatic rings. The van der Waals surface area contributed by atoms with Gasteiger partial charge in [0.05, 0.1) is 24.2 Å². The number of H-pyrrole nitrogens is 2. The molecule has 0 bridgehead atoms. The molecular weight excluding hydrogens is 422 g/mol. The van der Waals surface area contributed by atoms with Crippen molar-refractivity contribution >= 4 is 32.9 Å². The van der Waals surface area contributed by atoms with Gasteiger partial charge in [0, 0.05) is 17.4 Å². The minimum absolute atomic E-state index is 0.0707. The third kappa shape index (κ3) is 4.36. The number of imidazole rings is 1. The predicted molar refractivity (Wildman–Crippen MR) is 111 cm³/mol. The van der Waals surface area contributed by atoms with Crippen LogP contribution in [0.3, 0.4) is 0 Å². The molecule has 0 aliphatic carbocycles. The molecule has 1 saturated heterocycles. The number of carbonyl (C=O) groups is 1. The molecular formula is C21H22BrN3O3. The summed E-state index contributed by atoms with van der Waals surface area (Å²) in [5.74, 6) is 0.168. The molecule has 0 saturated carbocycles. The molecule has 1 atom stereocenters. The van der Waals surface area contributed by atoms with Crippen LogP contribution in [0.15, 0.2) is 51.7 Å². The number of morpholine rings is 1. The standard InChI is InChI=1S/C21H22BrN3O3/c22-16-7-5-15(6-8-16)19-13-25(10-11-28-19)20(26)3-1-2-14-4-9-17-18(12-14)24-21(27)23-17/h4-9,12,19H,1-3,10-11,13H2,(H2,23,24,27). The molecule has 0 radical (unpaired) electrons. The van der Waals surface area contributed by atoms with Gasteiger partial charge >= 0.3 is 5.69 Å². The molecule has 0 spiro atoms. The van der Waals surface area contributed by atoms with Crippen molar-refractivity contribution in [1.82, 2.24) is 14.9 Å². The number of ether oxygens (including phenoxy) is 1. The molecule has 146 valence electrons. The summed E-state index contributed by atoms with van der Waals surface area (Å²) in [5, 5.41) is 0. The second-order valence-electron chi connectivity index (χ2n) is 7.06. The predicted octanol–water partition coefficient (Wildman–Crippen LogP) is 3.54. The number of nitrogens with zero attached hydrogens (tertiary/aromatic N) is 1. The number of benzene rings is 2. The summed E-state index contributed by atoms with van der Waals surface area (Å²) in [6.45, 7) is 1.80. The molecule has 2 heterocycles. The molecule has 4 rings (SSSR count). The average Bonchev–Trinajstić information content (AvgIpc) is 3.08. The minimum atomic E-state index is -0.199. The molecule has 1 unspecified atom stereocenters. The first-order chi connectivity index (χ1) is 13.6. The zero-order chi connectivity index (χ0) is 19.5. The SMILES string of the molecule is O=C(CCCc1ccc2[nH]c(=O)[nH]c2c1)N1CCOC(c2ccc(Br)cc2)C1. The third-order valence-electron chi connectivity index (χ3n) is 5.10. The van der Waals surface area contributed by atoms with Gasteiger partial charge in [-0.15, -0.1) is 0 Å². The number of amides is 1. The Morgan fingerprint density at radius 3 is 2.75 bits per heavy atom. The molecule has 1 fully saturated rings. The lowest BCUT2D eigenvalue weighted by molar-refractivity contribution is -0.139. The van der Waals surface area contributed by atoms with E-state index in [9.17, 15) is 9.59 Å². The molecule has 2 N–H and O–H groups in total. The Labute approximate surface area is 171 Å². The van der Waals surface area contributed by atoms with Gasteiger partial charge in [0.2, 0.25) is 5.91 Å². The molecule has 1 aromatic heterocycles. The van der Waals surface area contributed by atoms with Crippen molar-refractivity contribution in [2.24, 2.45) is 0 Å². The van der Waals surface area contributed by atoms with Crippen LogP contribution in [0.25, 0.3) is 11.0 Å². The van der Waals surface area contributed by atoms with Crippen molar-refractivity contribution in [1.29, 1.82) is 0 Å². The van der Waals surface area contributed by atoms with Crippen molar-refractivity contribution in [3.05, 3.63) is 68.5 Å². The lowest BCUT2D eigenvalue weighted by Crippen LogP contribution is -2.42. The van der Waals surface area contributed by atoms with Gasteiger partial charge in [0.25, 0.3) is 0 Å². The van der Waals surface area contributed by atoms with E-state index in [1.54, 1.807) is 0 Å². The number of aromatic amines is 2. The van der Waals surface area contributed by atoms with Crippen LogP contribution in [0.1, 0.15) is 30.1 Å². The van der Waals surface area contributed by atoms with Crippen molar-refractivity contribution in [2.45, 2.75) is 25.4 Å². The fraction of sp³-hybridized carbons (Fsp3) is 0.333. The Morgan fingerprint density at radius 1 is 1.14 bits per heavy atom. The van der Waals surface area contributed by atoms with Crippen LogP contribution in [0.2, 0.25) is 0 Å². The number of aromatic nitrogens is 2. The molecule has 2 aromatic carbocycles. The van der Waals surface area contributed by atoms with Gasteiger partial charge in [-0.25, -0.2) is 4.79 Å². The number of rotatable bonds is 5. The summed E-state index contributed by atoms with van der Waals surface area (Å²) in [6.07, 6.45) is 2.02. The van der Waals surface area contributed by atoms with Gasteiger partial charge in [-0.05, 0) is 48.2 Å². The molecule has 1 amide bonds. The maximum absolute atomic E-state index is 12.6. The van der Waals surface area contributed by atoms with Crippen LogP contribution in [-0.2, 0) is 16.0 Å². The van der Waals surface area contributed by atoms with E-state index in [2.05, 4.69) is 25.9 Å². The first-order valence-electron chi connectivity index (χ1n) is 9.44. The van der Waals surface area contributed by atoms with Crippen LogP contribution in [0.5, 0.6) is 0 Å². The van der Waals surface area contributed by atoms with Gasteiger partial charge in [0.15, 0.2) is 0 Å². The molecule has 6 nitrogen and oxygen atoms in total. The number of fused-ring (bicyclic) bond motifs is 1. The average molecular weight is 444 g/mol. The Morgan fingerprint density at radius 2 is 1.93 bits per heavy atom. The van der Waals surface area contributed by atoms with Crippen molar-refractivity contribution < 1.29 is 9.53 Å². The Balaban J connectivity index is 1.31. The first kappa shape index (κ1) is 19.0. The van der Waals surface area contributed by atoms with E-state index in [1.807, 2.05) is 47.4 Å². The highest BCUT2D eigenvalue weighted by atomic mass is 79.9. The summed E-state index contributed by atoms with van der Waals surface area (Å²) in [7, 11) is 0. The van der Waals surface area contributed by atoms with Gasteiger partial charge in [0.1, 0.15) is 6.10 Å². The largest absolute Gasteiger partial charge is 0.370 e. The molecule has 1 aliphatic heterocycles. The Hall–Kier alpha value is -2.38. The van der Waals surface area contributed by atoms with Crippen LogP contribution in [-0.4, -0.2) is 40.5 Å². The quantitative estimate of drug-likeness (QED) is 0.632. The second kappa shape index (κ2) is 8.32. The van der Waals surface area contributed by atoms with E-state index in [4.69, 9.17) is 4.74 Å². The number of nitrogens with one attached hydrogen (secondary N) is 2. The summed E-state index contributed by atoms with van der Waals surface area (Å²) in [5.41, 5.74) is 3.62. The van der Waals surface area contributed by atoms with E-state index in [-0.39, 0.29) is 17.7 Å². The number of hydrogen-bond donors (Lipinski definition) is 2. The lowest BCUT2D eigenvalue weighted by atomic mass is 10.1. The second-order valence-corrected chi connectivity index (χ2v) is 7.98. The van der Waals surface area contributed by atoms with Crippen LogP contribution in [0.4, 0.5) is 0 Å². The highest BCUT2D eigenvalue weighted by Gasteiger charge is 2.25. The maximum atomic E-state index is 12.6. The van der Waals surface area contributed by atoms with Crippen molar-refractivity contribution in [3.63, 3.8) is 0 Å². The molecule has 1 aliphatic rings. The van der Waals surface area contributed by atoms with Crippen LogP contribution < -0.4 is 5.69 Å². The number of carbonyl (C=O) groups excluding carboxylic acids is 1. The van der Waals surface area contributed by atoms with Gasteiger partial charge in [-0.3, -0.25) is 4.79 Å². The van der Waals surface area contributed by atoms with E-state index < -0.39 is 0 Å². The number of halogens is 1. The van der Waals surface area contributed by atoms with E-state index in [0.717, 1.165) is 39.5 Å². The molecule has 28 heavy (non-hydrogen) atoms. The summed E-state index contributed by atoms with van der Waals surface area (Å²) in [4.78, 5) is 31.4. The number of aryl methyl sites for hydroxylation is 1. The normalized spacial score (nSPS) is 17.2. The van der Waals surface area contributed by atoms with E-state index >= 15 is 0 Å². The van der Waals surface area contributed by atoms with Crippen LogP contribution in [0, 0.1) is 0 Å². The molecule has 7 heteroatoms. The topological polar surface area (TPSA) is 78.2 Å². The maximum Gasteiger partial charge on any atom is 0.323 e. The van der Waals surface area contributed by atoms with Crippen molar-refractivity contribution in [2.75, 3.05) is 19.7 Å². The third-order valence-corrected chi connectivity index (χ3v) is 5.63. The fourth-order valence-corrected chi connectivity index (χ4v) is 3.86. The Kier molecular flexibility index (Phi) is 5.64. The summed E-state index contributed by atoms with van der Waals surface area (Å²) < 4.78 is 6.89.